The van der Waals surface area contributed by atoms with Gasteiger partial charge in [0.05, 0.1) is 0 Å². The minimum atomic E-state index is 0.785. The molecule has 1 aromatic heterocycles. The van der Waals surface area contributed by atoms with E-state index in [9.17, 15) is 0 Å². The van der Waals surface area contributed by atoms with E-state index in [1.807, 2.05) is 12.3 Å². The zero-order chi connectivity index (χ0) is 11.9. The SMILES string of the molecule is NCCCCc1ccc(-c2cccnc2)cc1. The number of unbranched alkanes of at least 4 members (excludes halogenated alkanes) is 1. The van der Waals surface area contributed by atoms with E-state index in [0.717, 1.165) is 19.4 Å². The van der Waals surface area contributed by atoms with Crippen molar-refractivity contribution in [2.24, 2.45) is 5.73 Å². The van der Waals surface area contributed by atoms with Crippen molar-refractivity contribution in [3.63, 3.8) is 0 Å². The molecule has 0 saturated heterocycles. The van der Waals surface area contributed by atoms with Crippen LogP contribution in [0.3, 0.4) is 0 Å². The molecule has 0 saturated carbocycles. The summed E-state index contributed by atoms with van der Waals surface area (Å²) in [5.74, 6) is 0. The molecule has 2 N–H and O–H groups in total. The summed E-state index contributed by atoms with van der Waals surface area (Å²) in [6.45, 7) is 0.785. The van der Waals surface area contributed by atoms with E-state index in [4.69, 9.17) is 5.73 Å². The zero-order valence-corrected chi connectivity index (χ0v) is 9.97. The highest BCUT2D eigenvalue weighted by molar-refractivity contribution is 5.62. The number of hydrogen-bond acceptors (Lipinski definition) is 2. The normalized spacial score (nSPS) is 10.4. The van der Waals surface area contributed by atoms with Crippen molar-refractivity contribution < 1.29 is 0 Å². The van der Waals surface area contributed by atoms with Crippen LogP contribution in [-0.2, 0) is 6.42 Å². The molecule has 0 aliphatic heterocycles. The number of rotatable bonds is 5. The summed E-state index contributed by atoms with van der Waals surface area (Å²) in [6, 6.07) is 12.8. The standard InChI is InChI=1S/C15H18N2/c16-10-2-1-4-13-6-8-14(9-7-13)15-5-3-11-17-12-15/h3,5-9,11-12H,1-2,4,10,16H2. The van der Waals surface area contributed by atoms with Crippen LogP contribution in [0.25, 0.3) is 11.1 Å². The van der Waals surface area contributed by atoms with Crippen molar-refractivity contribution >= 4 is 0 Å². The maximum Gasteiger partial charge on any atom is 0.0346 e. The third-order valence-electron chi connectivity index (χ3n) is 2.87. The second kappa shape index (κ2) is 6.16. The number of nitrogens with two attached hydrogens (primary N) is 1. The van der Waals surface area contributed by atoms with Crippen molar-refractivity contribution in [1.29, 1.82) is 0 Å². The monoisotopic (exact) mass is 226 g/mol. The predicted octanol–water partition coefficient (Wildman–Crippen LogP) is 3.03. The Bertz CT molecular complexity index is 434. The first-order chi connectivity index (χ1) is 8.40. The molecule has 2 heteroatoms. The summed E-state index contributed by atoms with van der Waals surface area (Å²) >= 11 is 0. The lowest BCUT2D eigenvalue weighted by atomic mass is 10.0. The molecule has 0 aliphatic rings. The minimum absolute atomic E-state index is 0.785. The summed E-state index contributed by atoms with van der Waals surface area (Å²) < 4.78 is 0. The van der Waals surface area contributed by atoms with Gasteiger partial charge in [0.1, 0.15) is 0 Å². The van der Waals surface area contributed by atoms with Crippen LogP contribution in [0.15, 0.2) is 48.8 Å². The molecule has 0 bridgehead atoms. The van der Waals surface area contributed by atoms with Gasteiger partial charge in [-0.3, -0.25) is 4.98 Å². The van der Waals surface area contributed by atoms with E-state index in [2.05, 4.69) is 35.3 Å². The third kappa shape index (κ3) is 3.40. The van der Waals surface area contributed by atoms with E-state index in [0.29, 0.717) is 0 Å². The smallest absolute Gasteiger partial charge is 0.0346 e. The maximum atomic E-state index is 5.49. The molecule has 0 unspecified atom stereocenters. The predicted molar refractivity (Wildman–Crippen MR) is 71.7 cm³/mol. The Balaban J connectivity index is 2.03. The Hall–Kier alpha value is -1.67. The number of pyridine rings is 1. The summed E-state index contributed by atoms with van der Waals surface area (Å²) in [7, 11) is 0. The Kier molecular flexibility index (Phi) is 4.28. The maximum absolute atomic E-state index is 5.49. The molecule has 0 atom stereocenters. The highest BCUT2D eigenvalue weighted by Gasteiger charge is 1.97. The van der Waals surface area contributed by atoms with Crippen LogP contribution in [-0.4, -0.2) is 11.5 Å². The van der Waals surface area contributed by atoms with E-state index in [1.54, 1.807) is 6.20 Å². The minimum Gasteiger partial charge on any atom is -0.330 e. The van der Waals surface area contributed by atoms with Crippen LogP contribution in [0.2, 0.25) is 0 Å². The summed E-state index contributed by atoms with van der Waals surface area (Å²) in [5, 5.41) is 0. The topological polar surface area (TPSA) is 38.9 Å². The van der Waals surface area contributed by atoms with Crippen LogP contribution < -0.4 is 5.73 Å². The van der Waals surface area contributed by atoms with Gasteiger partial charge in [-0.2, -0.15) is 0 Å². The fraction of sp³-hybridized carbons (Fsp3) is 0.267. The van der Waals surface area contributed by atoms with Gasteiger partial charge in [0.15, 0.2) is 0 Å². The molecule has 88 valence electrons. The number of aryl methyl sites for hydroxylation is 1. The van der Waals surface area contributed by atoms with Gasteiger partial charge >= 0.3 is 0 Å². The lowest BCUT2D eigenvalue weighted by Crippen LogP contribution is -1.98. The largest absolute Gasteiger partial charge is 0.330 e. The molecular weight excluding hydrogens is 208 g/mol. The second-order valence-electron chi connectivity index (χ2n) is 4.18. The van der Waals surface area contributed by atoms with Crippen LogP contribution in [0.5, 0.6) is 0 Å². The number of aromatic nitrogens is 1. The van der Waals surface area contributed by atoms with Gasteiger partial charge in [0.2, 0.25) is 0 Å². The van der Waals surface area contributed by atoms with Crippen LogP contribution in [0, 0.1) is 0 Å². The lowest BCUT2D eigenvalue weighted by Gasteiger charge is -2.04. The second-order valence-corrected chi connectivity index (χ2v) is 4.18. The molecular formula is C15H18N2. The first kappa shape index (κ1) is 11.8. The first-order valence-electron chi connectivity index (χ1n) is 6.09. The summed E-state index contributed by atoms with van der Waals surface area (Å²) in [4.78, 5) is 4.13. The molecule has 1 aromatic carbocycles. The van der Waals surface area contributed by atoms with E-state index < -0.39 is 0 Å². The van der Waals surface area contributed by atoms with E-state index >= 15 is 0 Å². The van der Waals surface area contributed by atoms with Crippen molar-refractivity contribution in [2.75, 3.05) is 6.54 Å². The van der Waals surface area contributed by atoms with E-state index in [1.165, 1.54) is 23.1 Å². The molecule has 0 spiro atoms. The molecule has 2 nitrogen and oxygen atoms in total. The Morgan fingerprint density at radius 1 is 0.941 bits per heavy atom. The van der Waals surface area contributed by atoms with Gasteiger partial charge < -0.3 is 5.73 Å². The molecule has 0 aliphatic carbocycles. The van der Waals surface area contributed by atoms with Crippen molar-refractivity contribution in [3.8, 4) is 11.1 Å². The third-order valence-corrected chi connectivity index (χ3v) is 2.87. The molecule has 2 aromatic rings. The fourth-order valence-electron chi connectivity index (χ4n) is 1.87. The molecule has 0 radical (unpaired) electrons. The number of nitrogens with zero attached hydrogens (tertiary/aromatic N) is 1. The number of benzene rings is 1. The van der Waals surface area contributed by atoms with Crippen molar-refractivity contribution in [1.82, 2.24) is 4.98 Å². The first-order valence-corrected chi connectivity index (χ1v) is 6.09. The lowest BCUT2D eigenvalue weighted by molar-refractivity contribution is 0.745. The van der Waals surface area contributed by atoms with Crippen molar-refractivity contribution in [3.05, 3.63) is 54.4 Å². The molecule has 2 rings (SSSR count). The van der Waals surface area contributed by atoms with E-state index in [-0.39, 0.29) is 0 Å². The van der Waals surface area contributed by atoms with Crippen LogP contribution >= 0.6 is 0 Å². The van der Waals surface area contributed by atoms with Gasteiger partial charge in [0, 0.05) is 12.4 Å². The Morgan fingerprint density at radius 3 is 2.41 bits per heavy atom. The van der Waals surface area contributed by atoms with Gasteiger partial charge in [-0.05, 0) is 48.6 Å². The van der Waals surface area contributed by atoms with Crippen LogP contribution in [0.4, 0.5) is 0 Å². The van der Waals surface area contributed by atoms with Gasteiger partial charge in [-0.1, -0.05) is 30.3 Å². The summed E-state index contributed by atoms with van der Waals surface area (Å²) in [6.07, 6.45) is 7.08. The molecule has 0 amide bonds. The molecule has 17 heavy (non-hydrogen) atoms. The number of hydrogen-bond donors (Lipinski definition) is 1. The fourth-order valence-corrected chi connectivity index (χ4v) is 1.87. The highest BCUT2D eigenvalue weighted by Crippen LogP contribution is 2.18. The molecule has 0 fully saturated rings. The van der Waals surface area contributed by atoms with Crippen molar-refractivity contribution in [2.45, 2.75) is 19.3 Å². The van der Waals surface area contributed by atoms with Gasteiger partial charge in [-0.15, -0.1) is 0 Å². The zero-order valence-electron chi connectivity index (χ0n) is 9.97. The average Bonchev–Trinajstić information content (AvgIpc) is 2.41. The summed E-state index contributed by atoms with van der Waals surface area (Å²) in [5.41, 5.74) is 9.26. The highest BCUT2D eigenvalue weighted by atomic mass is 14.6. The van der Waals surface area contributed by atoms with Gasteiger partial charge in [0.25, 0.3) is 0 Å². The quantitative estimate of drug-likeness (QED) is 0.796. The average molecular weight is 226 g/mol. The van der Waals surface area contributed by atoms with Gasteiger partial charge in [-0.25, -0.2) is 0 Å². The van der Waals surface area contributed by atoms with Crippen LogP contribution in [0.1, 0.15) is 18.4 Å². The Labute approximate surface area is 103 Å². The Morgan fingerprint density at radius 2 is 1.76 bits per heavy atom. The molecule has 1 heterocycles.